The maximum absolute atomic E-state index is 13.9. The second-order valence-corrected chi connectivity index (χ2v) is 5.56. The molecule has 0 heterocycles. The molecule has 2 N–H and O–H groups in total. The quantitative estimate of drug-likeness (QED) is 0.807. The maximum atomic E-state index is 13.9. The van der Waals surface area contributed by atoms with Crippen LogP contribution in [0.2, 0.25) is 0 Å². The highest BCUT2D eigenvalue weighted by Crippen LogP contribution is 2.28. The molecule has 2 aromatic rings. The highest BCUT2D eigenvalue weighted by atomic mass is 127. The number of aryl methyl sites for hydroxylation is 2. The van der Waals surface area contributed by atoms with Gasteiger partial charge >= 0.3 is 0 Å². The Labute approximate surface area is 120 Å². The standard InChI is InChI=1S/C15H15FIN/c1-9-6-7-13(16)12(8-9)15(18)11-5-3-4-10(2)14(11)17/h3-8,15H,18H2,1-2H3. The summed E-state index contributed by atoms with van der Waals surface area (Å²) in [5.41, 5.74) is 9.92. The molecule has 0 fully saturated rings. The Kier molecular flexibility index (Phi) is 4.02. The van der Waals surface area contributed by atoms with Crippen LogP contribution in [-0.2, 0) is 0 Å². The summed E-state index contributed by atoms with van der Waals surface area (Å²) in [5.74, 6) is -0.245. The predicted molar refractivity (Wildman–Crippen MR) is 81.1 cm³/mol. The lowest BCUT2D eigenvalue weighted by atomic mass is 9.96. The SMILES string of the molecule is Cc1ccc(F)c(C(N)c2cccc(C)c2I)c1. The summed E-state index contributed by atoms with van der Waals surface area (Å²) in [6, 6.07) is 10.6. The first-order valence-electron chi connectivity index (χ1n) is 5.77. The van der Waals surface area contributed by atoms with Crippen molar-refractivity contribution in [2.75, 3.05) is 0 Å². The molecule has 0 aliphatic heterocycles. The number of rotatable bonds is 2. The van der Waals surface area contributed by atoms with Gasteiger partial charge in [0.05, 0.1) is 6.04 Å². The summed E-state index contributed by atoms with van der Waals surface area (Å²) in [7, 11) is 0. The van der Waals surface area contributed by atoms with Gasteiger partial charge in [0.2, 0.25) is 0 Å². The van der Waals surface area contributed by atoms with Gasteiger partial charge in [-0.1, -0.05) is 35.9 Å². The lowest BCUT2D eigenvalue weighted by Crippen LogP contribution is -2.15. The van der Waals surface area contributed by atoms with E-state index >= 15 is 0 Å². The molecule has 0 aliphatic rings. The van der Waals surface area contributed by atoms with Gasteiger partial charge in [0.1, 0.15) is 5.82 Å². The van der Waals surface area contributed by atoms with Crippen molar-refractivity contribution in [1.29, 1.82) is 0 Å². The first kappa shape index (κ1) is 13.5. The van der Waals surface area contributed by atoms with E-state index in [1.807, 2.05) is 38.1 Å². The Morgan fingerprint density at radius 1 is 1.11 bits per heavy atom. The average Bonchev–Trinajstić information content (AvgIpc) is 2.35. The molecule has 0 radical (unpaired) electrons. The minimum Gasteiger partial charge on any atom is -0.320 e. The number of hydrogen-bond donors (Lipinski definition) is 1. The van der Waals surface area contributed by atoms with Crippen LogP contribution in [0.25, 0.3) is 0 Å². The normalized spacial score (nSPS) is 12.5. The van der Waals surface area contributed by atoms with Gasteiger partial charge in [0.15, 0.2) is 0 Å². The Balaban J connectivity index is 2.51. The van der Waals surface area contributed by atoms with E-state index < -0.39 is 6.04 Å². The van der Waals surface area contributed by atoms with E-state index in [0.29, 0.717) is 5.56 Å². The number of halogens is 2. The first-order valence-corrected chi connectivity index (χ1v) is 6.85. The molecule has 0 aliphatic carbocycles. The van der Waals surface area contributed by atoms with Crippen LogP contribution in [0.1, 0.15) is 28.3 Å². The van der Waals surface area contributed by atoms with Crippen LogP contribution in [0.4, 0.5) is 4.39 Å². The third kappa shape index (κ3) is 2.57. The number of nitrogens with two attached hydrogens (primary N) is 1. The number of benzene rings is 2. The van der Waals surface area contributed by atoms with Crippen LogP contribution in [0, 0.1) is 23.2 Å². The zero-order chi connectivity index (χ0) is 13.3. The van der Waals surface area contributed by atoms with Crippen LogP contribution >= 0.6 is 22.6 Å². The summed E-state index contributed by atoms with van der Waals surface area (Å²) in [4.78, 5) is 0. The van der Waals surface area contributed by atoms with Crippen LogP contribution in [0.15, 0.2) is 36.4 Å². The van der Waals surface area contributed by atoms with Crippen molar-refractivity contribution in [2.24, 2.45) is 5.73 Å². The van der Waals surface area contributed by atoms with E-state index in [9.17, 15) is 4.39 Å². The Morgan fingerprint density at radius 2 is 1.83 bits per heavy atom. The molecule has 1 atom stereocenters. The van der Waals surface area contributed by atoms with Gasteiger partial charge in [-0.2, -0.15) is 0 Å². The molecule has 2 aromatic carbocycles. The zero-order valence-corrected chi connectivity index (χ0v) is 12.5. The fraction of sp³-hybridized carbons (Fsp3) is 0.200. The van der Waals surface area contributed by atoms with Gasteiger partial charge in [-0.05, 0) is 53.6 Å². The highest BCUT2D eigenvalue weighted by molar-refractivity contribution is 14.1. The summed E-state index contributed by atoms with van der Waals surface area (Å²) in [6.45, 7) is 3.97. The largest absolute Gasteiger partial charge is 0.320 e. The monoisotopic (exact) mass is 355 g/mol. The van der Waals surface area contributed by atoms with Crippen molar-refractivity contribution >= 4 is 22.6 Å². The molecular weight excluding hydrogens is 340 g/mol. The van der Waals surface area contributed by atoms with Crippen LogP contribution < -0.4 is 5.73 Å². The smallest absolute Gasteiger partial charge is 0.128 e. The van der Waals surface area contributed by atoms with Crippen molar-refractivity contribution in [3.8, 4) is 0 Å². The zero-order valence-electron chi connectivity index (χ0n) is 10.4. The minimum atomic E-state index is -0.420. The van der Waals surface area contributed by atoms with Crippen LogP contribution in [-0.4, -0.2) is 0 Å². The molecule has 0 amide bonds. The van der Waals surface area contributed by atoms with E-state index in [1.54, 1.807) is 6.07 Å². The fourth-order valence-electron chi connectivity index (χ4n) is 1.98. The van der Waals surface area contributed by atoms with Crippen LogP contribution in [0.5, 0.6) is 0 Å². The molecular formula is C15H15FIN. The van der Waals surface area contributed by atoms with E-state index in [1.165, 1.54) is 6.07 Å². The summed E-state index contributed by atoms with van der Waals surface area (Å²) in [6.07, 6.45) is 0. The van der Waals surface area contributed by atoms with Crippen LogP contribution in [0.3, 0.4) is 0 Å². The van der Waals surface area contributed by atoms with Gasteiger partial charge in [0, 0.05) is 9.13 Å². The molecule has 2 rings (SSSR count). The van der Waals surface area contributed by atoms with Gasteiger partial charge < -0.3 is 5.73 Å². The summed E-state index contributed by atoms with van der Waals surface area (Å²) < 4.78 is 15.0. The Hall–Kier alpha value is -0.940. The molecule has 0 aromatic heterocycles. The van der Waals surface area contributed by atoms with Gasteiger partial charge in [-0.3, -0.25) is 0 Å². The van der Waals surface area contributed by atoms with E-state index in [4.69, 9.17) is 5.73 Å². The first-order chi connectivity index (χ1) is 8.50. The highest BCUT2D eigenvalue weighted by Gasteiger charge is 2.16. The molecule has 18 heavy (non-hydrogen) atoms. The van der Waals surface area contributed by atoms with E-state index in [-0.39, 0.29) is 5.82 Å². The Bertz CT molecular complexity index is 579. The van der Waals surface area contributed by atoms with Crippen molar-refractivity contribution in [2.45, 2.75) is 19.9 Å². The number of hydrogen-bond acceptors (Lipinski definition) is 1. The molecule has 0 spiro atoms. The summed E-state index contributed by atoms with van der Waals surface area (Å²) in [5, 5.41) is 0. The maximum Gasteiger partial charge on any atom is 0.128 e. The van der Waals surface area contributed by atoms with Crippen molar-refractivity contribution in [1.82, 2.24) is 0 Å². The molecule has 0 saturated heterocycles. The predicted octanol–water partition coefficient (Wildman–Crippen LogP) is 4.10. The molecule has 1 nitrogen and oxygen atoms in total. The molecule has 94 valence electrons. The molecule has 1 unspecified atom stereocenters. The lowest BCUT2D eigenvalue weighted by Gasteiger charge is -2.17. The van der Waals surface area contributed by atoms with E-state index in [0.717, 1.165) is 20.3 Å². The average molecular weight is 355 g/mol. The van der Waals surface area contributed by atoms with Crippen molar-refractivity contribution in [3.05, 3.63) is 68.0 Å². The molecule has 0 saturated carbocycles. The van der Waals surface area contributed by atoms with E-state index in [2.05, 4.69) is 22.6 Å². The molecule has 3 heteroatoms. The third-order valence-corrected chi connectivity index (χ3v) is 4.52. The van der Waals surface area contributed by atoms with Gasteiger partial charge in [-0.15, -0.1) is 0 Å². The van der Waals surface area contributed by atoms with Gasteiger partial charge in [0.25, 0.3) is 0 Å². The van der Waals surface area contributed by atoms with Crippen molar-refractivity contribution in [3.63, 3.8) is 0 Å². The minimum absolute atomic E-state index is 0.245. The fourth-order valence-corrected chi connectivity index (χ4v) is 2.67. The summed E-state index contributed by atoms with van der Waals surface area (Å²) >= 11 is 2.26. The molecule has 0 bridgehead atoms. The second-order valence-electron chi connectivity index (χ2n) is 4.48. The van der Waals surface area contributed by atoms with Gasteiger partial charge in [-0.25, -0.2) is 4.39 Å². The van der Waals surface area contributed by atoms with Crippen molar-refractivity contribution < 1.29 is 4.39 Å². The topological polar surface area (TPSA) is 26.0 Å². The Morgan fingerprint density at radius 3 is 2.56 bits per heavy atom. The lowest BCUT2D eigenvalue weighted by molar-refractivity contribution is 0.598. The second kappa shape index (κ2) is 5.36. The third-order valence-electron chi connectivity index (χ3n) is 3.04.